The zero-order valence-electron chi connectivity index (χ0n) is 12.7. The van der Waals surface area contributed by atoms with Crippen molar-refractivity contribution in [3.63, 3.8) is 0 Å². The summed E-state index contributed by atoms with van der Waals surface area (Å²) < 4.78 is 40.7. The lowest BCUT2D eigenvalue weighted by Gasteiger charge is -2.29. The van der Waals surface area contributed by atoms with Gasteiger partial charge < -0.3 is 4.90 Å². The SMILES string of the molecule is CCC1(C(F)F)C[C@@H]2CC[C@@H](c3cc(F)cc(C#N)c3)N2C1=O. The number of nitrogens with zero attached hydrogens (tertiary/aromatic N) is 2. The largest absolute Gasteiger partial charge is 0.332 e. The minimum absolute atomic E-state index is 0.0931. The van der Waals surface area contributed by atoms with Crippen LogP contribution in [0.4, 0.5) is 13.2 Å². The number of nitriles is 1. The van der Waals surface area contributed by atoms with Crippen LogP contribution in [0.15, 0.2) is 18.2 Å². The van der Waals surface area contributed by atoms with Crippen LogP contribution in [-0.4, -0.2) is 23.3 Å². The summed E-state index contributed by atoms with van der Waals surface area (Å²) in [6, 6.07) is 5.18. The van der Waals surface area contributed by atoms with Crippen LogP contribution in [0, 0.1) is 22.6 Å². The van der Waals surface area contributed by atoms with Crippen LogP contribution >= 0.6 is 0 Å². The molecule has 2 aliphatic rings. The van der Waals surface area contributed by atoms with Crippen molar-refractivity contribution in [2.75, 3.05) is 0 Å². The van der Waals surface area contributed by atoms with Crippen molar-refractivity contribution >= 4 is 5.91 Å². The first-order valence-corrected chi connectivity index (χ1v) is 7.74. The van der Waals surface area contributed by atoms with E-state index >= 15 is 0 Å². The van der Waals surface area contributed by atoms with Gasteiger partial charge in [-0.1, -0.05) is 6.92 Å². The van der Waals surface area contributed by atoms with Crippen LogP contribution in [0.1, 0.15) is 49.8 Å². The fourth-order valence-electron chi connectivity index (χ4n) is 3.98. The zero-order chi connectivity index (χ0) is 16.8. The fourth-order valence-corrected chi connectivity index (χ4v) is 3.98. The molecule has 3 rings (SSSR count). The molecule has 1 amide bonds. The van der Waals surface area contributed by atoms with Gasteiger partial charge in [0.1, 0.15) is 11.2 Å². The number of carbonyl (C=O) groups excluding carboxylic acids is 1. The van der Waals surface area contributed by atoms with E-state index in [1.165, 1.54) is 17.0 Å². The summed E-state index contributed by atoms with van der Waals surface area (Å²) in [6.07, 6.45) is -1.22. The number of benzene rings is 1. The minimum atomic E-state index is -2.70. The molecule has 122 valence electrons. The average molecular weight is 322 g/mol. The zero-order valence-corrected chi connectivity index (χ0v) is 12.7. The summed E-state index contributed by atoms with van der Waals surface area (Å²) in [5.41, 5.74) is -0.932. The van der Waals surface area contributed by atoms with Crippen LogP contribution in [0.25, 0.3) is 0 Å². The molecular formula is C17H17F3N2O. The molecule has 1 unspecified atom stereocenters. The lowest BCUT2D eigenvalue weighted by atomic mass is 9.81. The molecule has 0 N–H and O–H groups in total. The van der Waals surface area contributed by atoms with Gasteiger partial charge in [-0.25, -0.2) is 13.2 Å². The first-order valence-electron chi connectivity index (χ1n) is 7.74. The van der Waals surface area contributed by atoms with Crippen molar-refractivity contribution in [1.29, 1.82) is 5.26 Å². The van der Waals surface area contributed by atoms with E-state index in [0.29, 0.717) is 18.4 Å². The van der Waals surface area contributed by atoms with Gasteiger partial charge in [-0.15, -0.1) is 0 Å². The summed E-state index contributed by atoms with van der Waals surface area (Å²) in [4.78, 5) is 14.2. The summed E-state index contributed by atoms with van der Waals surface area (Å²) >= 11 is 0. The third-order valence-electron chi connectivity index (χ3n) is 5.25. The minimum Gasteiger partial charge on any atom is -0.332 e. The highest BCUT2D eigenvalue weighted by Crippen LogP contribution is 2.52. The molecule has 1 aromatic carbocycles. The standard InChI is InChI=1S/C17H17F3N2O/c1-2-17(15(19)20)8-13-3-4-14(22(13)16(17)23)11-5-10(9-21)6-12(18)7-11/h5-7,13-15H,2-4,8H2,1H3/t13-,14-,17?/m0/s1. The molecule has 23 heavy (non-hydrogen) atoms. The van der Waals surface area contributed by atoms with Gasteiger partial charge in [-0.05, 0) is 49.4 Å². The van der Waals surface area contributed by atoms with Crippen molar-refractivity contribution in [2.24, 2.45) is 5.41 Å². The second-order valence-electron chi connectivity index (χ2n) is 6.36. The third-order valence-corrected chi connectivity index (χ3v) is 5.25. The lowest BCUT2D eigenvalue weighted by molar-refractivity contribution is -0.146. The number of rotatable bonds is 3. The molecule has 0 bridgehead atoms. The van der Waals surface area contributed by atoms with E-state index < -0.39 is 29.6 Å². The maximum absolute atomic E-state index is 13.7. The van der Waals surface area contributed by atoms with E-state index in [9.17, 15) is 18.0 Å². The molecule has 2 aliphatic heterocycles. The summed E-state index contributed by atoms with van der Waals surface area (Å²) in [6.45, 7) is 1.61. The smallest absolute Gasteiger partial charge is 0.252 e. The monoisotopic (exact) mass is 322 g/mol. The van der Waals surface area contributed by atoms with E-state index in [-0.39, 0.29) is 24.4 Å². The van der Waals surface area contributed by atoms with Gasteiger partial charge in [0.15, 0.2) is 0 Å². The van der Waals surface area contributed by atoms with Crippen molar-refractivity contribution in [2.45, 2.75) is 51.1 Å². The Kier molecular flexibility index (Phi) is 3.83. The molecule has 0 aromatic heterocycles. The summed E-state index contributed by atoms with van der Waals surface area (Å²) in [5.74, 6) is -1.09. The van der Waals surface area contributed by atoms with Crippen LogP contribution in [0.5, 0.6) is 0 Å². The maximum Gasteiger partial charge on any atom is 0.252 e. The highest BCUT2D eigenvalue weighted by atomic mass is 19.3. The number of carbonyl (C=O) groups is 1. The predicted octanol–water partition coefficient (Wildman–Crippen LogP) is 3.79. The summed E-state index contributed by atoms with van der Waals surface area (Å²) in [7, 11) is 0. The van der Waals surface area contributed by atoms with Crippen LogP contribution in [0.3, 0.4) is 0 Å². The van der Waals surface area contributed by atoms with Crippen LogP contribution in [0.2, 0.25) is 0 Å². The Bertz CT molecular complexity index is 685. The van der Waals surface area contributed by atoms with Gasteiger partial charge in [0, 0.05) is 6.04 Å². The van der Waals surface area contributed by atoms with E-state index in [0.717, 1.165) is 6.07 Å². The van der Waals surface area contributed by atoms with Gasteiger partial charge in [0.25, 0.3) is 6.43 Å². The highest BCUT2D eigenvalue weighted by molar-refractivity contribution is 5.86. The number of fused-ring (bicyclic) bond motifs is 1. The van der Waals surface area contributed by atoms with Gasteiger partial charge in [0.05, 0.1) is 17.7 Å². The topological polar surface area (TPSA) is 44.1 Å². The normalized spacial score (nSPS) is 29.9. The molecule has 0 saturated carbocycles. The summed E-state index contributed by atoms with van der Waals surface area (Å²) in [5, 5.41) is 8.97. The Morgan fingerprint density at radius 1 is 1.39 bits per heavy atom. The molecule has 0 radical (unpaired) electrons. The number of hydrogen-bond acceptors (Lipinski definition) is 2. The van der Waals surface area contributed by atoms with E-state index in [2.05, 4.69) is 0 Å². The van der Waals surface area contributed by atoms with Crippen LogP contribution < -0.4 is 0 Å². The fraction of sp³-hybridized carbons (Fsp3) is 0.529. The Balaban J connectivity index is 1.98. The van der Waals surface area contributed by atoms with Gasteiger partial charge in [-0.2, -0.15) is 5.26 Å². The average Bonchev–Trinajstić information content (AvgIpc) is 3.05. The predicted molar refractivity (Wildman–Crippen MR) is 77.1 cm³/mol. The van der Waals surface area contributed by atoms with Gasteiger partial charge >= 0.3 is 0 Å². The molecule has 3 atom stereocenters. The first-order chi connectivity index (χ1) is 10.9. The quantitative estimate of drug-likeness (QED) is 0.850. The number of hydrogen-bond donors (Lipinski definition) is 0. The van der Waals surface area contributed by atoms with Gasteiger partial charge in [-0.3, -0.25) is 4.79 Å². The van der Waals surface area contributed by atoms with Crippen molar-refractivity contribution in [3.05, 3.63) is 35.1 Å². The second-order valence-corrected chi connectivity index (χ2v) is 6.36. The van der Waals surface area contributed by atoms with Crippen LogP contribution in [-0.2, 0) is 4.79 Å². The van der Waals surface area contributed by atoms with Gasteiger partial charge in [0.2, 0.25) is 5.91 Å². The second kappa shape index (κ2) is 5.55. The molecule has 2 saturated heterocycles. The lowest BCUT2D eigenvalue weighted by Crippen LogP contribution is -2.40. The Morgan fingerprint density at radius 2 is 2.13 bits per heavy atom. The Hall–Kier alpha value is -2.03. The van der Waals surface area contributed by atoms with Crippen molar-refractivity contribution in [1.82, 2.24) is 4.90 Å². The van der Waals surface area contributed by atoms with Crippen molar-refractivity contribution < 1.29 is 18.0 Å². The first kappa shape index (κ1) is 15.9. The number of alkyl halides is 2. The molecule has 6 heteroatoms. The van der Waals surface area contributed by atoms with E-state index in [1.807, 2.05) is 6.07 Å². The third kappa shape index (κ3) is 2.30. The van der Waals surface area contributed by atoms with E-state index in [1.54, 1.807) is 6.92 Å². The maximum atomic E-state index is 13.7. The number of halogens is 3. The highest BCUT2D eigenvalue weighted by Gasteiger charge is 2.59. The molecule has 0 spiro atoms. The molecule has 2 fully saturated rings. The van der Waals surface area contributed by atoms with Crippen molar-refractivity contribution in [3.8, 4) is 6.07 Å². The Labute approximate surface area is 132 Å². The molecule has 1 aromatic rings. The number of amides is 1. The Morgan fingerprint density at radius 3 is 2.74 bits per heavy atom. The molecule has 2 heterocycles. The molecular weight excluding hydrogens is 305 g/mol. The molecule has 3 nitrogen and oxygen atoms in total. The molecule has 0 aliphatic carbocycles. The van der Waals surface area contributed by atoms with E-state index in [4.69, 9.17) is 5.26 Å².